The molecule has 0 amide bonds. The van der Waals surface area contributed by atoms with E-state index in [0.29, 0.717) is 0 Å². The predicted octanol–water partition coefficient (Wildman–Crippen LogP) is 3.03. The van der Waals surface area contributed by atoms with Gasteiger partial charge in [-0.15, -0.1) is 0 Å². The lowest BCUT2D eigenvalue weighted by molar-refractivity contribution is 0.172. The van der Waals surface area contributed by atoms with Gasteiger partial charge in [0.1, 0.15) is 0 Å². The molecule has 3 unspecified atom stereocenters. The molecule has 0 aromatic heterocycles. The second kappa shape index (κ2) is 6.75. The molecule has 2 rings (SSSR count). The standard InChI is InChI=1S/C15H30N2/c1-3-13-8-9-15(11-13)17(4-2)12-14-7-5-6-10-16-14/h13-16H,3-12H2,1-2H3. The quantitative estimate of drug-likeness (QED) is 0.792. The molecular formula is C15H30N2. The molecule has 1 saturated heterocycles. The molecule has 1 aliphatic carbocycles. The maximum absolute atomic E-state index is 3.69. The summed E-state index contributed by atoms with van der Waals surface area (Å²) in [5.41, 5.74) is 0. The lowest BCUT2D eigenvalue weighted by atomic mass is 10.0. The molecule has 1 N–H and O–H groups in total. The molecule has 2 nitrogen and oxygen atoms in total. The third-order valence-corrected chi connectivity index (χ3v) is 4.88. The number of hydrogen-bond donors (Lipinski definition) is 1. The molecule has 1 heterocycles. The van der Waals surface area contributed by atoms with Gasteiger partial charge in [0.2, 0.25) is 0 Å². The van der Waals surface area contributed by atoms with Gasteiger partial charge in [0.05, 0.1) is 0 Å². The molecule has 2 fully saturated rings. The van der Waals surface area contributed by atoms with Crippen molar-refractivity contribution in [1.82, 2.24) is 10.2 Å². The summed E-state index contributed by atoms with van der Waals surface area (Å²) in [6, 6.07) is 1.65. The molecule has 2 heteroatoms. The molecule has 0 aromatic carbocycles. The van der Waals surface area contributed by atoms with E-state index in [0.717, 1.165) is 18.0 Å². The number of nitrogens with one attached hydrogen (secondary N) is 1. The van der Waals surface area contributed by atoms with Gasteiger partial charge in [-0.1, -0.05) is 26.7 Å². The van der Waals surface area contributed by atoms with Crippen molar-refractivity contribution >= 4 is 0 Å². The van der Waals surface area contributed by atoms with Gasteiger partial charge in [0.15, 0.2) is 0 Å². The Hall–Kier alpha value is -0.0800. The zero-order valence-corrected chi connectivity index (χ0v) is 11.8. The van der Waals surface area contributed by atoms with E-state index in [1.165, 1.54) is 64.6 Å². The van der Waals surface area contributed by atoms with Crippen LogP contribution in [0.3, 0.4) is 0 Å². The van der Waals surface area contributed by atoms with Crippen molar-refractivity contribution in [2.24, 2.45) is 5.92 Å². The Balaban J connectivity index is 1.79. The summed E-state index contributed by atoms with van der Waals surface area (Å²) < 4.78 is 0. The largest absolute Gasteiger partial charge is 0.313 e. The SMILES string of the molecule is CCC1CCC(N(CC)CC2CCCCN2)C1. The molecular weight excluding hydrogens is 208 g/mol. The first-order valence-electron chi connectivity index (χ1n) is 7.80. The van der Waals surface area contributed by atoms with E-state index in [-0.39, 0.29) is 0 Å². The summed E-state index contributed by atoms with van der Waals surface area (Å²) in [5, 5.41) is 3.69. The van der Waals surface area contributed by atoms with Crippen molar-refractivity contribution in [3.8, 4) is 0 Å². The Kier molecular flexibility index (Phi) is 5.30. The number of nitrogens with zero attached hydrogens (tertiary/aromatic N) is 1. The molecule has 100 valence electrons. The highest BCUT2D eigenvalue weighted by molar-refractivity contribution is 4.85. The fourth-order valence-electron chi connectivity index (χ4n) is 3.65. The summed E-state index contributed by atoms with van der Waals surface area (Å²) in [4.78, 5) is 2.75. The summed E-state index contributed by atoms with van der Waals surface area (Å²) >= 11 is 0. The molecule has 1 saturated carbocycles. The monoisotopic (exact) mass is 238 g/mol. The molecule has 2 aliphatic rings. The van der Waals surface area contributed by atoms with Crippen LogP contribution in [0.15, 0.2) is 0 Å². The highest BCUT2D eigenvalue weighted by atomic mass is 15.2. The average molecular weight is 238 g/mol. The van der Waals surface area contributed by atoms with Crippen molar-refractivity contribution in [1.29, 1.82) is 0 Å². The van der Waals surface area contributed by atoms with Crippen LogP contribution in [-0.4, -0.2) is 36.6 Å². The Labute approximate surface area is 107 Å². The highest BCUT2D eigenvalue weighted by Crippen LogP contribution is 2.31. The van der Waals surface area contributed by atoms with E-state index in [2.05, 4.69) is 24.1 Å². The summed E-state index contributed by atoms with van der Waals surface area (Å²) in [6.45, 7) is 8.45. The molecule has 0 radical (unpaired) electrons. The van der Waals surface area contributed by atoms with E-state index in [1.807, 2.05) is 0 Å². The zero-order valence-electron chi connectivity index (χ0n) is 11.8. The van der Waals surface area contributed by atoms with Crippen LogP contribution in [0.2, 0.25) is 0 Å². The predicted molar refractivity (Wildman–Crippen MR) is 74.3 cm³/mol. The Morgan fingerprint density at radius 3 is 2.59 bits per heavy atom. The van der Waals surface area contributed by atoms with Gasteiger partial charge in [-0.2, -0.15) is 0 Å². The van der Waals surface area contributed by atoms with E-state index in [9.17, 15) is 0 Å². The van der Waals surface area contributed by atoms with Crippen LogP contribution in [0.4, 0.5) is 0 Å². The van der Waals surface area contributed by atoms with E-state index >= 15 is 0 Å². The van der Waals surface area contributed by atoms with Crippen molar-refractivity contribution in [3.63, 3.8) is 0 Å². The number of rotatable bonds is 5. The minimum atomic E-state index is 0.768. The van der Waals surface area contributed by atoms with Crippen molar-refractivity contribution in [2.45, 2.75) is 70.9 Å². The summed E-state index contributed by atoms with van der Waals surface area (Å²) in [5.74, 6) is 1.01. The van der Waals surface area contributed by atoms with Crippen molar-refractivity contribution in [2.75, 3.05) is 19.6 Å². The third kappa shape index (κ3) is 3.69. The average Bonchev–Trinajstić information content (AvgIpc) is 2.86. The molecule has 17 heavy (non-hydrogen) atoms. The lowest BCUT2D eigenvalue weighted by Crippen LogP contribution is -2.46. The lowest BCUT2D eigenvalue weighted by Gasteiger charge is -2.33. The first-order chi connectivity index (χ1) is 8.33. The van der Waals surface area contributed by atoms with Crippen molar-refractivity contribution < 1.29 is 0 Å². The van der Waals surface area contributed by atoms with Crippen LogP contribution >= 0.6 is 0 Å². The maximum atomic E-state index is 3.69. The number of piperidine rings is 1. The van der Waals surface area contributed by atoms with Gasteiger partial charge in [-0.3, -0.25) is 4.90 Å². The normalized spacial score (nSPS) is 34.4. The zero-order chi connectivity index (χ0) is 12.1. The first-order valence-corrected chi connectivity index (χ1v) is 7.80. The molecule has 0 bridgehead atoms. The van der Waals surface area contributed by atoms with Gasteiger partial charge in [0.25, 0.3) is 0 Å². The Morgan fingerprint density at radius 2 is 2.00 bits per heavy atom. The van der Waals surface area contributed by atoms with Crippen LogP contribution in [0, 0.1) is 5.92 Å². The van der Waals surface area contributed by atoms with Crippen LogP contribution in [-0.2, 0) is 0 Å². The van der Waals surface area contributed by atoms with Crippen LogP contribution in [0.25, 0.3) is 0 Å². The van der Waals surface area contributed by atoms with Gasteiger partial charge in [0, 0.05) is 18.6 Å². The molecule has 0 spiro atoms. The maximum Gasteiger partial charge on any atom is 0.0195 e. The Bertz CT molecular complexity index is 211. The van der Waals surface area contributed by atoms with Crippen LogP contribution in [0.1, 0.15) is 58.8 Å². The van der Waals surface area contributed by atoms with Crippen molar-refractivity contribution in [3.05, 3.63) is 0 Å². The second-order valence-electron chi connectivity index (χ2n) is 5.98. The van der Waals surface area contributed by atoms with Gasteiger partial charge < -0.3 is 5.32 Å². The fraction of sp³-hybridized carbons (Fsp3) is 1.00. The van der Waals surface area contributed by atoms with Gasteiger partial charge in [-0.25, -0.2) is 0 Å². The highest BCUT2D eigenvalue weighted by Gasteiger charge is 2.28. The first kappa shape index (κ1) is 13.4. The summed E-state index contributed by atoms with van der Waals surface area (Å²) in [7, 11) is 0. The van der Waals surface area contributed by atoms with Gasteiger partial charge >= 0.3 is 0 Å². The smallest absolute Gasteiger partial charge is 0.0195 e. The molecule has 0 aromatic rings. The van der Waals surface area contributed by atoms with Crippen LogP contribution in [0.5, 0.6) is 0 Å². The fourth-order valence-corrected chi connectivity index (χ4v) is 3.65. The minimum absolute atomic E-state index is 0.768. The van der Waals surface area contributed by atoms with E-state index < -0.39 is 0 Å². The minimum Gasteiger partial charge on any atom is -0.313 e. The van der Waals surface area contributed by atoms with E-state index in [1.54, 1.807) is 0 Å². The second-order valence-corrected chi connectivity index (χ2v) is 5.98. The topological polar surface area (TPSA) is 15.3 Å². The summed E-state index contributed by atoms with van der Waals surface area (Å²) in [6.07, 6.45) is 9.95. The third-order valence-electron chi connectivity index (χ3n) is 4.88. The van der Waals surface area contributed by atoms with E-state index in [4.69, 9.17) is 0 Å². The number of hydrogen-bond acceptors (Lipinski definition) is 2. The molecule has 3 atom stereocenters. The Morgan fingerprint density at radius 1 is 1.12 bits per heavy atom. The van der Waals surface area contributed by atoms with Crippen LogP contribution < -0.4 is 5.32 Å². The number of likely N-dealkylation sites (N-methyl/N-ethyl adjacent to an activating group) is 1. The van der Waals surface area contributed by atoms with Gasteiger partial charge in [-0.05, 0) is 51.1 Å². The molecule has 1 aliphatic heterocycles.